The fraction of sp³-hybridized carbons (Fsp3) is 0.167. The second kappa shape index (κ2) is 8.64. The lowest BCUT2D eigenvalue weighted by Gasteiger charge is -2.12. The molecular formula is C18H16ClN2O4S-. The number of carbonyl (C=O) groups is 2. The second-order valence-electron chi connectivity index (χ2n) is 5.58. The van der Waals surface area contributed by atoms with Crippen molar-refractivity contribution in [2.75, 3.05) is 5.32 Å². The van der Waals surface area contributed by atoms with Crippen LogP contribution in [0.25, 0.3) is 0 Å². The van der Waals surface area contributed by atoms with Crippen LogP contribution in [0, 0.1) is 0 Å². The lowest BCUT2D eigenvalue weighted by molar-refractivity contribution is -0.255. The maximum absolute atomic E-state index is 12.2. The van der Waals surface area contributed by atoms with Gasteiger partial charge in [-0.05, 0) is 68.5 Å². The summed E-state index contributed by atoms with van der Waals surface area (Å²) in [6, 6.07) is 10.8. The molecule has 0 aliphatic heterocycles. The first-order chi connectivity index (χ1) is 12.3. The summed E-state index contributed by atoms with van der Waals surface area (Å²) in [4.78, 5) is 23.0. The molecular weight excluding hydrogens is 376 g/mol. The highest BCUT2D eigenvalue weighted by Gasteiger charge is 2.10. The van der Waals surface area contributed by atoms with Gasteiger partial charge in [0.15, 0.2) is 5.11 Å². The lowest BCUT2D eigenvalue weighted by Crippen LogP contribution is -2.34. The van der Waals surface area contributed by atoms with E-state index < -0.39 is 11.9 Å². The van der Waals surface area contributed by atoms with Crippen LogP contribution in [0.3, 0.4) is 0 Å². The number of carbonyl (C=O) groups excluding carboxylic acids is 2. The summed E-state index contributed by atoms with van der Waals surface area (Å²) < 4.78 is 5.52. The zero-order chi connectivity index (χ0) is 19.3. The van der Waals surface area contributed by atoms with Crippen molar-refractivity contribution in [2.24, 2.45) is 0 Å². The predicted molar refractivity (Wildman–Crippen MR) is 102 cm³/mol. The monoisotopic (exact) mass is 391 g/mol. The Bertz CT molecular complexity index is 838. The smallest absolute Gasteiger partial charge is 0.257 e. The van der Waals surface area contributed by atoms with E-state index in [9.17, 15) is 14.7 Å². The molecule has 0 saturated carbocycles. The number of rotatable bonds is 5. The van der Waals surface area contributed by atoms with E-state index >= 15 is 0 Å². The number of amides is 1. The number of carboxylic acid groups (broad SMARTS) is 1. The molecule has 1 amide bonds. The van der Waals surface area contributed by atoms with Gasteiger partial charge in [-0.3, -0.25) is 10.1 Å². The molecule has 8 heteroatoms. The Hall–Kier alpha value is -2.64. The largest absolute Gasteiger partial charge is 0.545 e. The van der Waals surface area contributed by atoms with Gasteiger partial charge in [0.25, 0.3) is 5.91 Å². The van der Waals surface area contributed by atoms with Gasteiger partial charge in [0, 0.05) is 16.8 Å². The van der Waals surface area contributed by atoms with E-state index in [1.54, 1.807) is 24.3 Å². The van der Waals surface area contributed by atoms with Gasteiger partial charge in [-0.15, -0.1) is 0 Å². The van der Waals surface area contributed by atoms with Crippen LogP contribution in [0.1, 0.15) is 34.6 Å². The third-order valence-corrected chi connectivity index (χ3v) is 3.68. The van der Waals surface area contributed by atoms with Crippen LogP contribution in [-0.4, -0.2) is 23.1 Å². The third kappa shape index (κ3) is 5.44. The fourth-order valence-electron chi connectivity index (χ4n) is 2.05. The number of hydrogen-bond acceptors (Lipinski definition) is 5. The molecule has 0 aliphatic carbocycles. The molecule has 2 aromatic rings. The van der Waals surface area contributed by atoms with Crippen molar-refractivity contribution < 1.29 is 19.4 Å². The molecule has 0 radical (unpaired) electrons. The number of ether oxygens (including phenoxy) is 1. The Morgan fingerprint density at radius 2 is 1.81 bits per heavy atom. The molecule has 0 saturated heterocycles. The summed E-state index contributed by atoms with van der Waals surface area (Å²) in [5.41, 5.74) is 0.720. The molecule has 0 aliphatic rings. The Morgan fingerprint density at radius 1 is 1.15 bits per heavy atom. The predicted octanol–water partition coefficient (Wildman–Crippen LogP) is 2.62. The van der Waals surface area contributed by atoms with Crippen LogP contribution in [0.4, 0.5) is 5.69 Å². The molecule has 0 unspecified atom stereocenters. The molecule has 2 rings (SSSR count). The number of benzene rings is 2. The zero-order valence-corrected chi connectivity index (χ0v) is 15.6. The first kappa shape index (κ1) is 19.7. The topological polar surface area (TPSA) is 90.5 Å². The van der Waals surface area contributed by atoms with Crippen molar-refractivity contribution in [3.63, 3.8) is 0 Å². The molecule has 0 heterocycles. The Labute approximate surface area is 161 Å². The Balaban J connectivity index is 1.98. The number of nitrogens with one attached hydrogen (secondary N) is 2. The molecule has 0 fully saturated rings. The van der Waals surface area contributed by atoms with Crippen molar-refractivity contribution in [1.29, 1.82) is 0 Å². The molecule has 0 bridgehead atoms. The molecule has 136 valence electrons. The van der Waals surface area contributed by atoms with Crippen molar-refractivity contribution in [2.45, 2.75) is 20.0 Å². The van der Waals surface area contributed by atoms with Gasteiger partial charge in [0.05, 0.1) is 17.1 Å². The highest BCUT2D eigenvalue weighted by molar-refractivity contribution is 7.80. The maximum Gasteiger partial charge on any atom is 0.257 e. The van der Waals surface area contributed by atoms with Crippen LogP contribution in [0.2, 0.25) is 5.02 Å². The Morgan fingerprint density at radius 3 is 2.35 bits per heavy atom. The average Bonchev–Trinajstić information content (AvgIpc) is 2.54. The van der Waals surface area contributed by atoms with Crippen molar-refractivity contribution in [3.8, 4) is 5.75 Å². The van der Waals surface area contributed by atoms with E-state index in [2.05, 4.69) is 10.6 Å². The van der Waals surface area contributed by atoms with Gasteiger partial charge < -0.3 is 20.0 Å². The summed E-state index contributed by atoms with van der Waals surface area (Å²) in [6.07, 6.45) is 0.0431. The first-order valence-corrected chi connectivity index (χ1v) is 8.45. The molecule has 0 spiro atoms. The summed E-state index contributed by atoms with van der Waals surface area (Å²) in [7, 11) is 0. The molecule has 2 N–H and O–H groups in total. The highest BCUT2D eigenvalue weighted by Crippen LogP contribution is 2.20. The van der Waals surface area contributed by atoms with E-state index in [4.69, 9.17) is 28.6 Å². The minimum absolute atomic E-state index is 0.00451. The molecule has 6 nitrogen and oxygen atoms in total. The quantitative estimate of drug-likeness (QED) is 0.761. The van der Waals surface area contributed by atoms with Crippen LogP contribution in [0.5, 0.6) is 5.75 Å². The number of anilines is 1. The fourth-order valence-corrected chi connectivity index (χ4v) is 2.52. The average molecular weight is 392 g/mol. The minimum atomic E-state index is -1.37. The molecule has 0 aromatic heterocycles. The number of aromatic carboxylic acids is 1. The van der Waals surface area contributed by atoms with E-state index in [0.29, 0.717) is 17.0 Å². The van der Waals surface area contributed by atoms with Crippen molar-refractivity contribution in [1.82, 2.24) is 5.32 Å². The van der Waals surface area contributed by atoms with Crippen LogP contribution in [-0.2, 0) is 0 Å². The number of hydrogen-bond donors (Lipinski definition) is 2. The maximum atomic E-state index is 12.2. The van der Waals surface area contributed by atoms with E-state index in [1.807, 2.05) is 13.8 Å². The number of carboxylic acids is 1. The van der Waals surface area contributed by atoms with Gasteiger partial charge in [-0.25, -0.2) is 0 Å². The summed E-state index contributed by atoms with van der Waals surface area (Å²) >= 11 is 10.9. The second-order valence-corrected chi connectivity index (χ2v) is 6.40. The first-order valence-electron chi connectivity index (χ1n) is 7.66. The SMILES string of the molecule is CC(C)Oc1ccc(C(=O)NC(=S)Nc2ccc(C(=O)[O-])c(Cl)c2)cc1. The van der Waals surface area contributed by atoms with E-state index in [1.165, 1.54) is 18.2 Å². The van der Waals surface area contributed by atoms with Crippen molar-refractivity contribution >= 4 is 46.5 Å². The molecule has 2 aromatic carbocycles. The minimum Gasteiger partial charge on any atom is -0.545 e. The van der Waals surface area contributed by atoms with Gasteiger partial charge in [-0.1, -0.05) is 11.6 Å². The van der Waals surface area contributed by atoms with Crippen LogP contribution >= 0.6 is 23.8 Å². The standard InChI is InChI=1S/C18H17ClN2O4S/c1-10(2)25-13-6-3-11(4-7-13)16(22)21-18(26)20-12-5-8-14(17(23)24)15(19)9-12/h3-10H,1-2H3,(H,23,24)(H2,20,21,22,26)/p-1. The van der Waals surface area contributed by atoms with Gasteiger partial charge >= 0.3 is 0 Å². The number of thiocarbonyl (C=S) groups is 1. The van der Waals surface area contributed by atoms with E-state index in [0.717, 1.165) is 0 Å². The number of halogens is 1. The Kier molecular flexibility index (Phi) is 6.54. The zero-order valence-electron chi connectivity index (χ0n) is 14.0. The summed E-state index contributed by atoms with van der Waals surface area (Å²) in [6.45, 7) is 3.83. The summed E-state index contributed by atoms with van der Waals surface area (Å²) in [5.74, 6) is -1.10. The molecule has 0 atom stereocenters. The van der Waals surface area contributed by atoms with Crippen LogP contribution in [0.15, 0.2) is 42.5 Å². The van der Waals surface area contributed by atoms with E-state index in [-0.39, 0.29) is 21.8 Å². The van der Waals surface area contributed by atoms with Gasteiger partial charge in [0.1, 0.15) is 5.75 Å². The van der Waals surface area contributed by atoms with Crippen molar-refractivity contribution in [3.05, 3.63) is 58.6 Å². The normalized spacial score (nSPS) is 10.3. The summed E-state index contributed by atoms with van der Waals surface area (Å²) in [5, 5.41) is 16.2. The highest BCUT2D eigenvalue weighted by atomic mass is 35.5. The van der Waals surface area contributed by atoms with Crippen LogP contribution < -0.4 is 20.5 Å². The van der Waals surface area contributed by atoms with Gasteiger partial charge in [0.2, 0.25) is 0 Å². The van der Waals surface area contributed by atoms with Gasteiger partial charge in [-0.2, -0.15) is 0 Å². The third-order valence-electron chi connectivity index (χ3n) is 3.16. The lowest BCUT2D eigenvalue weighted by atomic mass is 10.2. The molecule has 26 heavy (non-hydrogen) atoms.